The third-order valence-electron chi connectivity index (χ3n) is 6.98. The first-order chi connectivity index (χ1) is 14.5. The molecular weight excluding hydrogens is 384 g/mol. The number of amides is 3. The minimum Gasteiger partial charge on any atom is -0.381 e. The average Bonchev–Trinajstić information content (AvgIpc) is 3.09. The number of carbonyl (C=O) groups is 3. The summed E-state index contributed by atoms with van der Waals surface area (Å²) in [5.41, 5.74) is 3.38. The molecule has 3 aliphatic heterocycles. The first kappa shape index (κ1) is 17.8. The summed E-state index contributed by atoms with van der Waals surface area (Å²) in [6, 6.07) is 5.16. The Bertz CT molecular complexity index is 1100. The summed E-state index contributed by atoms with van der Waals surface area (Å²) < 4.78 is 7.61. The van der Waals surface area contributed by atoms with E-state index in [1.54, 1.807) is 4.90 Å². The van der Waals surface area contributed by atoms with Crippen molar-refractivity contribution in [1.82, 2.24) is 19.8 Å². The molecule has 3 fully saturated rings. The van der Waals surface area contributed by atoms with Crippen molar-refractivity contribution in [3.8, 4) is 11.3 Å². The SMILES string of the molecule is Cn1cc(-c2ccc3c(c2)CN(C2CCC(=O)NC2=O)C3=O)nc1[C@@H]1[C@@H]2COC[C@@H]21. The van der Waals surface area contributed by atoms with Crippen molar-refractivity contribution in [2.24, 2.45) is 18.9 Å². The third-order valence-corrected chi connectivity index (χ3v) is 6.98. The number of aryl methyl sites for hydroxylation is 1. The predicted octanol–water partition coefficient (Wildman–Crippen LogP) is 1.21. The molecule has 154 valence electrons. The smallest absolute Gasteiger partial charge is 0.255 e. The van der Waals surface area contributed by atoms with Gasteiger partial charge in [0.05, 0.1) is 18.9 Å². The molecular formula is C22H22N4O4. The maximum Gasteiger partial charge on any atom is 0.255 e. The Hall–Kier alpha value is -3.00. The van der Waals surface area contributed by atoms with Gasteiger partial charge in [0.1, 0.15) is 11.9 Å². The number of nitrogens with zero attached hydrogens (tertiary/aromatic N) is 3. The summed E-state index contributed by atoms with van der Waals surface area (Å²) in [7, 11) is 2.03. The fourth-order valence-corrected chi connectivity index (χ4v) is 5.29. The number of fused-ring (bicyclic) bond motifs is 2. The Balaban J connectivity index is 1.26. The number of carbonyl (C=O) groups excluding carboxylic acids is 3. The van der Waals surface area contributed by atoms with Gasteiger partial charge in [-0.2, -0.15) is 0 Å². The molecule has 4 heterocycles. The van der Waals surface area contributed by atoms with E-state index in [0.717, 1.165) is 35.9 Å². The molecule has 1 aromatic heterocycles. The predicted molar refractivity (Wildman–Crippen MR) is 105 cm³/mol. The van der Waals surface area contributed by atoms with Crippen molar-refractivity contribution < 1.29 is 19.1 Å². The summed E-state index contributed by atoms with van der Waals surface area (Å²) in [6.45, 7) is 2.03. The Morgan fingerprint density at radius 3 is 2.73 bits per heavy atom. The molecule has 6 rings (SSSR count). The van der Waals surface area contributed by atoms with E-state index < -0.39 is 6.04 Å². The maximum absolute atomic E-state index is 12.9. The van der Waals surface area contributed by atoms with E-state index >= 15 is 0 Å². The van der Waals surface area contributed by atoms with Gasteiger partial charge in [0.15, 0.2) is 0 Å². The van der Waals surface area contributed by atoms with Gasteiger partial charge in [0.2, 0.25) is 11.8 Å². The number of nitrogens with one attached hydrogen (secondary N) is 1. The van der Waals surface area contributed by atoms with E-state index in [9.17, 15) is 14.4 Å². The van der Waals surface area contributed by atoms with E-state index in [4.69, 9.17) is 9.72 Å². The molecule has 0 spiro atoms. The largest absolute Gasteiger partial charge is 0.381 e. The van der Waals surface area contributed by atoms with Crippen LogP contribution in [0, 0.1) is 11.8 Å². The van der Waals surface area contributed by atoms with Crippen LogP contribution in [0.5, 0.6) is 0 Å². The molecule has 3 amide bonds. The second kappa shape index (κ2) is 6.25. The number of benzene rings is 1. The number of imidazole rings is 1. The minimum atomic E-state index is -0.594. The van der Waals surface area contributed by atoms with Crippen LogP contribution in [0.4, 0.5) is 0 Å². The first-order valence-electron chi connectivity index (χ1n) is 10.4. The van der Waals surface area contributed by atoms with E-state index in [1.807, 2.05) is 31.4 Å². The second-order valence-corrected chi connectivity index (χ2v) is 8.76. The van der Waals surface area contributed by atoms with Gasteiger partial charge in [0, 0.05) is 43.3 Å². The summed E-state index contributed by atoms with van der Waals surface area (Å²) in [6.07, 6.45) is 2.67. The molecule has 0 radical (unpaired) electrons. The Morgan fingerprint density at radius 2 is 1.97 bits per heavy atom. The molecule has 1 saturated carbocycles. The Labute approximate surface area is 173 Å². The molecule has 2 saturated heterocycles. The zero-order valence-corrected chi connectivity index (χ0v) is 16.6. The van der Waals surface area contributed by atoms with Crippen LogP contribution in [0.15, 0.2) is 24.4 Å². The number of piperidine rings is 1. The highest BCUT2D eigenvalue weighted by molar-refractivity contribution is 6.05. The molecule has 1 unspecified atom stereocenters. The fourth-order valence-electron chi connectivity index (χ4n) is 5.29. The number of aromatic nitrogens is 2. The summed E-state index contributed by atoms with van der Waals surface area (Å²) in [5, 5.41) is 2.34. The summed E-state index contributed by atoms with van der Waals surface area (Å²) in [4.78, 5) is 43.0. The van der Waals surface area contributed by atoms with Crippen LogP contribution < -0.4 is 5.32 Å². The molecule has 1 aromatic carbocycles. The molecule has 1 N–H and O–H groups in total. The van der Waals surface area contributed by atoms with Crippen LogP contribution in [0.3, 0.4) is 0 Å². The zero-order valence-electron chi connectivity index (χ0n) is 16.6. The topological polar surface area (TPSA) is 93.5 Å². The molecule has 4 aliphatic rings. The Morgan fingerprint density at radius 1 is 1.17 bits per heavy atom. The molecule has 8 heteroatoms. The van der Waals surface area contributed by atoms with Crippen LogP contribution in [0.2, 0.25) is 0 Å². The van der Waals surface area contributed by atoms with Crippen LogP contribution in [0.1, 0.15) is 40.5 Å². The lowest BCUT2D eigenvalue weighted by Gasteiger charge is -2.29. The second-order valence-electron chi connectivity index (χ2n) is 8.76. The summed E-state index contributed by atoms with van der Waals surface area (Å²) in [5.74, 6) is 1.96. The number of hydrogen-bond acceptors (Lipinski definition) is 5. The van der Waals surface area contributed by atoms with Crippen LogP contribution in [0.25, 0.3) is 11.3 Å². The third kappa shape index (κ3) is 2.56. The number of rotatable bonds is 3. The van der Waals surface area contributed by atoms with Crippen molar-refractivity contribution in [2.75, 3.05) is 13.2 Å². The lowest BCUT2D eigenvalue weighted by molar-refractivity contribution is -0.136. The molecule has 4 atom stereocenters. The number of ether oxygens (including phenoxy) is 1. The highest BCUT2D eigenvalue weighted by Crippen LogP contribution is 2.57. The van der Waals surface area contributed by atoms with Crippen molar-refractivity contribution in [3.63, 3.8) is 0 Å². The van der Waals surface area contributed by atoms with Crippen molar-refractivity contribution >= 4 is 17.7 Å². The van der Waals surface area contributed by atoms with Crippen molar-refractivity contribution in [1.29, 1.82) is 0 Å². The van der Waals surface area contributed by atoms with E-state index in [-0.39, 0.29) is 24.1 Å². The highest BCUT2D eigenvalue weighted by Gasteiger charge is 2.56. The highest BCUT2D eigenvalue weighted by atomic mass is 16.5. The fraction of sp³-hybridized carbons (Fsp3) is 0.455. The van der Waals surface area contributed by atoms with Gasteiger partial charge in [-0.25, -0.2) is 4.98 Å². The van der Waals surface area contributed by atoms with Gasteiger partial charge in [-0.05, 0) is 36.0 Å². The van der Waals surface area contributed by atoms with Gasteiger partial charge in [-0.15, -0.1) is 0 Å². The monoisotopic (exact) mass is 406 g/mol. The molecule has 8 nitrogen and oxygen atoms in total. The zero-order chi connectivity index (χ0) is 20.6. The van der Waals surface area contributed by atoms with E-state index in [1.165, 1.54) is 0 Å². The van der Waals surface area contributed by atoms with E-state index in [0.29, 0.717) is 36.3 Å². The number of hydrogen-bond donors (Lipinski definition) is 1. The standard InChI is InChI=1S/C22H22N4O4/c1-25-8-16(23-20(25)19-14-9-30-10-15(14)19)11-2-3-13-12(6-11)7-26(22(13)29)17-4-5-18(27)24-21(17)28/h2-3,6,8,14-15,17,19H,4-5,7,9-10H2,1H3,(H,24,27,28)/t14-,15+,17?,19-. The van der Waals surface area contributed by atoms with Gasteiger partial charge >= 0.3 is 0 Å². The van der Waals surface area contributed by atoms with Crippen LogP contribution in [-0.2, 0) is 27.9 Å². The van der Waals surface area contributed by atoms with Gasteiger partial charge in [-0.3, -0.25) is 19.7 Å². The quantitative estimate of drug-likeness (QED) is 0.774. The van der Waals surface area contributed by atoms with Crippen molar-refractivity contribution in [2.45, 2.75) is 31.3 Å². The van der Waals surface area contributed by atoms with Gasteiger partial charge < -0.3 is 14.2 Å². The lowest BCUT2D eigenvalue weighted by Crippen LogP contribution is -2.52. The molecule has 0 bridgehead atoms. The summed E-state index contributed by atoms with van der Waals surface area (Å²) >= 11 is 0. The van der Waals surface area contributed by atoms with Gasteiger partial charge in [-0.1, -0.05) is 6.07 Å². The van der Waals surface area contributed by atoms with Crippen LogP contribution in [-0.4, -0.2) is 51.4 Å². The van der Waals surface area contributed by atoms with Crippen LogP contribution >= 0.6 is 0 Å². The van der Waals surface area contributed by atoms with Gasteiger partial charge in [0.25, 0.3) is 5.91 Å². The number of imide groups is 1. The maximum atomic E-state index is 12.9. The molecule has 2 aromatic rings. The first-order valence-corrected chi connectivity index (χ1v) is 10.4. The lowest BCUT2D eigenvalue weighted by atomic mass is 10.0. The molecule has 1 aliphatic carbocycles. The minimum absolute atomic E-state index is 0.154. The average molecular weight is 406 g/mol. The normalized spacial score (nSPS) is 29.8. The van der Waals surface area contributed by atoms with Crippen molar-refractivity contribution in [3.05, 3.63) is 41.3 Å². The Kier molecular flexibility index (Phi) is 3.71. The van der Waals surface area contributed by atoms with E-state index in [2.05, 4.69) is 9.88 Å². The molecule has 30 heavy (non-hydrogen) atoms.